The van der Waals surface area contributed by atoms with Crippen molar-refractivity contribution in [2.45, 2.75) is 4.90 Å². The second-order valence-corrected chi connectivity index (χ2v) is 6.02. The van der Waals surface area contributed by atoms with E-state index >= 15 is 0 Å². The summed E-state index contributed by atoms with van der Waals surface area (Å²) in [7, 11) is -2.12. The molecule has 0 aliphatic carbocycles. The second kappa shape index (κ2) is 5.44. The fourth-order valence-corrected chi connectivity index (χ4v) is 2.51. The molecule has 7 heteroatoms. The van der Waals surface area contributed by atoms with E-state index in [2.05, 4.69) is 6.07 Å². The molecular formula is C14H14N4O2S. The minimum absolute atomic E-state index is 0.0343. The lowest BCUT2D eigenvalue weighted by atomic mass is 10.1. The van der Waals surface area contributed by atoms with Crippen molar-refractivity contribution in [2.24, 2.45) is 5.14 Å². The number of nitriles is 1. The van der Waals surface area contributed by atoms with Gasteiger partial charge in [-0.15, -0.1) is 0 Å². The summed E-state index contributed by atoms with van der Waals surface area (Å²) in [5.41, 5.74) is 7.83. The number of para-hydroxylation sites is 1. The van der Waals surface area contributed by atoms with Gasteiger partial charge in [0.15, 0.2) is 0 Å². The molecule has 21 heavy (non-hydrogen) atoms. The van der Waals surface area contributed by atoms with Gasteiger partial charge in [-0.1, -0.05) is 12.1 Å². The second-order valence-electron chi connectivity index (χ2n) is 4.45. The Morgan fingerprint density at radius 1 is 1.14 bits per heavy atom. The summed E-state index contributed by atoms with van der Waals surface area (Å²) in [6, 6.07) is 13.2. The van der Waals surface area contributed by atoms with E-state index in [1.807, 2.05) is 0 Å². The Balaban J connectivity index is 2.59. The highest BCUT2D eigenvalue weighted by atomic mass is 32.2. The maximum atomic E-state index is 11.4. The van der Waals surface area contributed by atoms with Crippen LogP contribution in [0.2, 0.25) is 0 Å². The molecule has 2 rings (SSSR count). The smallest absolute Gasteiger partial charge is 0.238 e. The zero-order valence-electron chi connectivity index (χ0n) is 11.3. The van der Waals surface area contributed by atoms with Gasteiger partial charge in [-0.25, -0.2) is 13.6 Å². The van der Waals surface area contributed by atoms with E-state index in [0.29, 0.717) is 22.6 Å². The summed E-state index contributed by atoms with van der Waals surface area (Å²) in [6.45, 7) is 0. The van der Waals surface area contributed by atoms with E-state index < -0.39 is 10.0 Å². The van der Waals surface area contributed by atoms with Gasteiger partial charge in [-0.2, -0.15) is 5.26 Å². The number of anilines is 3. The minimum Gasteiger partial charge on any atom is -0.397 e. The first-order valence-electron chi connectivity index (χ1n) is 6.00. The van der Waals surface area contributed by atoms with Crippen LogP contribution in [0.5, 0.6) is 0 Å². The topological polar surface area (TPSA) is 113 Å². The van der Waals surface area contributed by atoms with Crippen molar-refractivity contribution in [1.29, 1.82) is 5.26 Å². The highest BCUT2D eigenvalue weighted by Gasteiger charge is 2.15. The molecular weight excluding hydrogens is 288 g/mol. The van der Waals surface area contributed by atoms with Crippen molar-refractivity contribution in [1.82, 2.24) is 0 Å². The van der Waals surface area contributed by atoms with Crippen molar-refractivity contribution in [3.63, 3.8) is 0 Å². The Kier molecular flexibility index (Phi) is 3.84. The van der Waals surface area contributed by atoms with Crippen LogP contribution in [0.4, 0.5) is 17.1 Å². The van der Waals surface area contributed by atoms with E-state index in [1.54, 1.807) is 36.2 Å². The molecule has 0 atom stereocenters. The Bertz CT molecular complexity index is 825. The van der Waals surface area contributed by atoms with Crippen LogP contribution in [-0.4, -0.2) is 15.5 Å². The molecule has 0 amide bonds. The van der Waals surface area contributed by atoms with Gasteiger partial charge in [0.05, 0.1) is 27.5 Å². The lowest BCUT2D eigenvalue weighted by molar-refractivity contribution is 0.598. The molecule has 0 unspecified atom stereocenters. The number of benzene rings is 2. The normalized spacial score (nSPS) is 10.9. The van der Waals surface area contributed by atoms with Crippen LogP contribution < -0.4 is 15.8 Å². The third-order valence-electron chi connectivity index (χ3n) is 3.08. The van der Waals surface area contributed by atoms with Gasteiger partial charge in [-0.05, 0) is 30.3 Å². The van der Waals surface area contributed by atoms with E-state index in [-0.39, 0.29) is 4.90 Å². The SMILES string of the molecule is CN(c1cc(S(N)(=O)=O)ccc1N)c1ccccc1C#N. The Hall–Kier alpha value is -2.56. The first-order chi connectivity index (χ1) is 9.84. The lowest BCUT2D eigenvalue weighted by Gasteiger charge is -2.22. The first-order valence-corrected chi connectivity index (χ1v) is 7.54. The van der Waals surface area contributed by atoms with Crippen LogP contribution in [0.15, 0.2) is 47.4 Å². The van der Waals surface area contributed by atoms with Gasteiger partial charge < -0.3 is 10.6 Å². The van der Waals surface area contributed by atoms with Crippen molar-refractivity contribution in [3.05, 3.63) is 48.0 Å². The standard InChI is InChI=1S/C14H14N4O2S/c1-18(13-5-3-2-4-10(13)9-15)14-8-11(21(17,19)20)6-7-12(14)16/h2-8H,16H2,1H3,(H2,17,19,20). The van der Waals surface area contributed by atoms with E-state index in [1.165, 1.54) is 18.2 Å². The predicted molar refractivity (Wildman–Crippen MR) is 81.4 cm³/mol. The van der Waals surface area contributed by atoms with Gasteiger partial charge in [0.25, 0.3) is 0 Å². The van der Waals surface area contributed by atoms with Crippen LogP contribution in [-0.2, 0) is 10.0 Å². The molecule has 0 aromatic heterocycles. The number of rotatable bonds is 3. The summed E-state index contributed by atoms with van der Waals surface area (Å²) in [5.74, 6) is 0. The Morgan fingerprint density at radius 2 is 1.81 bits per heavy atom. The predicted octanol–water partition coefficient (Wildman–Crippen LogP) is 1.56. The molecule has 0 bridgehead atoms. The van der Waals surface area contributed by atoms with Gasteiger partial charge >= 0.3 is 0 Å². The molecule has 108 valence electrons. The monoisotopic (exact) mass is 302 g/mol. The van der Waals surface area contributed by atoms with Crippen LogP contribution in [0.1, 0.15) is 5.56 Å². The van der Waals surface area contributed by atoms with Crippen molar-refractivity contribution in [2.75, 3.05) is 17.7 Å². The number of sulfonamides is 1. The molecule has 6 nitrogen and oxygen atoms in total. The molecule has 2 aromatic rings. The largest absolute Gasteiger partial charge is 0.397 e. The molecule has 0 saturated heterocycles. The number of nitrogens with two attached hydrogens (primary N) is 2. The highest BCUT2D eigenvalue weighted by Crippen LogP contribution is 2.32. The van der Waals surface area contributed by atoms with E-state index in [0.717, 1.165) is 0 Å². The van der Waals surface area contributed by atoms with Crippen LogP contribution >= 0.6 is 0 Å². The molecule has 0 aliphatic heterocycles. The van der Waals surface area contributed by atoms with Crippen LogP contribution in [0, 0.1) is 11.3 Å². The quantitative estimate of drug-likeness (QED) is 0.835. The molecule has 0 aliphatic rings. The zero-order valence-corrected chi connectivity index (χ0v) is 12.1. The number of nitrogen functional groups attached to an aromatic ring is 1. The maximum Gasteiger partial charge on any atom is 0.238 e. The van der Waals surface area contributed by atoms with Crippen molar-refractivity contribution >= 4 is 27.1 Å². The van der Waals surface area contributed by atoms with E-state index in [9.17, 15) is 8.42 Å². The number of primary sulfonamides is 1. The zero-order chi connectivity index (χ0) is 15.6. The van der Waals surface area contributed by atoms with Gasteiger partial charge in [-0.3, -0.25) is 0 Å². The number of hydrogen-bond acceptors (Lipinski definition) is 5. The molecule has 4 N–H and O–H groups in total. The summed E-state index contributed by atoms with van der Waals surface area (Å²) in [5, 5.41) is 14.3. The third-order valence-corrected chi connectivity index (χ3v) is 3.99. The molecule has 0 fully saturated rings. The van der Waals surface area contributed by atoms with Crippen molar-refractivity contribution < 1.29 is 8.42 Å². The van der Waals surface area contributed by atoms with E-state index in [4.69, 9.17) is 16.1 Å². The summed E-state index contributed by atoms with van der Waals surface area (Å²) >= 11 is 0. The molecule has 0 heterocycles. The van der Waals surface area contributed by atoms with Crippen molar-refractivity contribution in [3.8, 4) is 6.07 Å². The fraction of sp³-hybridized carbons (Fsp3) is 0.0714. The fourth-order valence-electron chi connectivity index (χ4n) is 1.98. The molecule has 0 saturated carbocycles. The maximum absolute atomic E-state index is 11.4. The van der Waals surface area contributed by atoms with Crippen LogP contribution in [0.25, 0.3) is 0 Å². The third kappa shape index (κ3) is 2.97. The Labute approximate surface area is 123 Å². The summed E-state index contributed by atoms with van der Waals surface area (Å²) in [4.78, 5) is 1.62. The summed E-state index contributed by atoms with van der Waals surface area (Å²) < 4.78 is 22.9. The average Bonchev–Trinajstić information content (AvgIpc) is 2.45. The minimum atomic E-state index is -3.82. The number of nitrogens with zero attached hydrogens (tertiary/aromatic N) is 2. The average molecular weight is 302 g/mol. The first kappa shape index (κ1) is 14.8. The van der Waals surface area contributed by atoms with Crippen LogP contribution in [0.3, 0.4) is 0 Å². The van der Waals surface area contributed by atoms with Gasteiger partial charge in [0.1, 0.15) is 6.07 Å². The van der Waals surface area contributed by atoms with Gasteiger partial charge in [0.2, 0.25) is 10.0 Å². The summed E-state index contributed by atoms with van der Waals surface area (Å²) in [6.07, 6.45) is 0. The molecule has 2 aromatic carbocycles. The molecule has 0 spiro atoms. The Morgan fingerprint density at radius 3 is 2.43 bits per heavy atom. The van der Waals surface area contributed by atoms with Gasteiger partial charge in [0, 0.05) is 7.05 Å². The molecule has 0 radical (unpaired) electrons. The number of hydrogen-bond donors (Lipinski definition) is 2. The highest BCUT2D eigenvalue weighted by molar-refractivity contribution is 7.89. The lowest BCUT2D eigenvalue weighted by Crippen LogP contribution is -2.16.